The zero-order chi connectivity index (χ0) is 84.9. The lowest BCUT2D eigenvalue weighted by molar-refractivity contribution is -0.147. The highest BCUT2D eigenvalue weighted by molar-refractivity contribution is 6.00. The molecule has 4 heterocycles. The number of imidazole rings is 1. The first-order valence-corrected chi connectivity index (χ1v) is 37.5. The van der Waals surface area contributed by atoms with E-state index in [1.165, 1.54) is 54.2 Å². The normalized spacial score (nSPS) is 16.7. The van der Waals surface area contributed by atoms with Gasteiger partial charge in [-0.1, -0.05) is 78.8 Å². The number of primary amides is 1. The van der Waals surface area contributed by atoms with Crippen molar-refractivity contribution < 1.29 is 92.4 Å². The Morgan fingerprint density at radius 3 is 1.81 bits per heavy atom. The van der Waals surface area contributed by atoms with Crippen LogP contribution < -0.4 is 86.3 Å². The van der Waals surface area contributed by atoms with Gasteiger partial charge in [0.1, 0.15) is 72.3 Å². The highest BCUT2D eigenvalue weighted by Gasteiger charge is 2.42. The van der Waals surface area contributed by atoms with E-state index in [-0.39, 0.29) is 113 Å². The summed E-state index contributed by atoms with van der Waals surface area (Å²) in [5, 5.41) is 76.6. The Kier molecular flexibility index (Phi) is 36.0. The average Bonchev–Trinajstić information content (AvgIpc) is 1.55. The fraction of sp³-hybridized carbons (Fsp3) is 0.568. The fourth-order valence-corrected chi connectivity index (χ4v) is 12.5. The molecule has 628 valence electrons. The van der Waals surface area contributed by atoms with Gasteiger partial charge in [-0.3, -0.25) is 78.4 Å². The molecule has 0 spiro atoms. The maximum Gasteiger partial charge on any atom is 0.330 e. The van der Waals surface area contributed by atoms with Crippen molar-refractivity contribution in [1.29, 1.82) is 5.41 Å². The number of likely N-dealkylation sites (N-methyl/N-ethyl adjacent to an activating group) is 1. The number of hydroxylamine groups is 1. The summed E-state index contributed by atoms with van der Waals surface area (Å²) < 4.78 is 6.02. The third kappa shape index (κ3) is 29.9. The van der Waals surface area contributed by atoms with Gasteiger partial charge in [0, 0.05) is 69.1 Å². The number of nitrogens with two attached hydrogens (primary N) is 2. The Labute approximate surface area is 659 Å². The summed E-state index contributed by atoms with van der Waals surface area (Å²) in [6, 6.07) is -1.58. The Balaban J connectivity index is 0.000000868. The number of aliphatic hydroxyl groups is 2. The molecule has 114 heavy (non-hydrogen) atoms. The lowest BCUT2D eigenvalue weighted by atomic mass is 9.84. The molecule has 2 aromatic carbocycles. The van der Waals surface area contributed by atoms with Crippen LogP contribution in [0.5, 0.6) is 5.75 Å². The molecule has 25 N–H and O–H groups in total. The smallest absolute Gasteiger partial charge is 0.330 e. The van der Waals surface area contributed by atoms with Crippen LogP contribution in [0.25, 0.3) is 10.9 Å². The van der Waals surface area contributed by atoms with Crippen LogP contribution in [0.1, 0.15) is 137 Å². The van der Waals surface area contributed by atoms with Crippen molar-refractivity contribution in [1.82, 2.24) is 94.7 Å². The van der Waals surface area contributed by atoms with E-state index in [0.717, 1.165) is 0 Å². The van der Waals surface area contributed by atoms with Crippen molar-refractivity contribution in [3.8, 4) is 5.75 Å². The van der Waals surface area contributed by atoms with E-state index in [9.17, 15) is 82.4 Å². The van der Waals surface area contributed by atoms with Gasteiger partial charge in [0.2, 0.25) is 65.0 Å². The molecule has 2 saturated heterocycles. The van der Waals surface area contributed by atoms with Crippen LogP contribution >= 0.6 is 0 Å². The van der Waals surface area contributed by atoms with Gasteiger partial charge < -0.3 is 105 Å². The van der Waals surface area contributed by atoms with Gasteiger partial charge in [0.05, 0.1) is 36.8 Å². The summed E-state index contributed by atoms with van der Waals surface area (Å²) in [5.41, 5.74) is 16.7. The molecule has 15 amide bonds. The van der Waals surface area contributed by atoms with Crippen LogP contribution in [0, 0.1) is 28.6 Å². The first kappa shape index (κ1) is 93.1. The molecule has 0 unspecified atom stereocenters. The number of carbonyl (C=O) groups excluding carboxylic acids is 14. The van der Waals surface area contributed by atoms with E-state index in [1.807, 2.05) is 19.3 Å². The molecule has 2 aliphatic rings. The number of benzene rings is 2. The van der Waals surface area contributed by atoms with Crippen LogP contribution in [0.15, 0.2) is 67.3 Å². The molecule has 4 aromatic rings. The predicted octanol–water partition coefficient (Wildman–Crippen LogP) is -3.10. The summed E-state index contributed by atoms with van der Waals surface area (Å²) in [6.07, 6.45) is 3.48. The molecule has 40 nitrogen and oxygen atoms in total. The second-order valence-corrected chi connectivity index (χ2v) is 30.8. The number of nitrogens with zero attached hydrogens (tertiary/aromatic N) is 2. The number of aromatic hydroxyl groups is 1. The van der Waals surface area contributed by atoms with Gasteiger partial charge in [-0.2, -0.15) is 0 Å². The largest absolute Gasteiger partial charge is 0.508 e. The van der Waals surface area contributed by atoms with Gasteiger partial charge in [-0.25, -0.2) is 20.7 Å². The van der Waals surface area contributed by atoms with Crippen LogP contribution in [0.3, 0.4) is 0 Å². The zero-order valence-corrected chi connectivity index (χ0v) is 66.0. The van der Waals surface area contributed by atoms with Crippen LogP contribution in [-0.2, 0) is 86.3 Å². The van der Waals surface area contributed by atoms with Crippen molar-refractivity contribution >= 4 is 99.7 Å². The molecule has 0 aliphatic carbocycles. The number of H-pyrrole nitrogens is 2. The first-order valence-electron chi connectivity index (χ1n) is 37.5. The van der Waals surface area contributed by atoms with Crippen molar-refractivity contribution in [2.45, 2.75) is 212 Å². The Bertz CT molecular complexity index is 3970. The van der Waals surface area contributed by atoms with E-state index < -0.39 is 168 Å². The van der Waals surface area contributed by atoms with E-state index in [1.54, 1.807) is 85.9 Å². The molecule has 0 bridgehead atoms. The number of amides is 15. The number of phenols is 1. The average molecular weight is 1600 g/mol. The summed E-state index contributed by atoms with van der Waals surface area (Å²) in [4.78, 5) is 199. The fourth-order valence-electron chi connectivity index (χ4n) is 12.5. The number of hydrazine groups is 1. The molecule has 40 heteroatoms. The van der Waals surface area contributed by atoms with Crippen molar-refractivity contribution in [2.75, 3.05) is 33.4 Å². The summed E-state index contributed by atoms with van der Waals surface area (Å²) in [7, 11) is 1.47. The lowest BCUT2D eigenvalue weighted by Gasteiger charge is -2.32. The zero-order valence-electron chi connectivity index (χ0n) is 66.0. The number of hydrogen-bond acceptors (Lipinski definition) is 21. The molecule has 6 rings (SSSR count). The molecule has 0 radical (unpaired) electrons. The molecule has 0 saturated carbocycles. The Hall–Kier alpha value is -11.5. The number of para-hydroxylation sites is 1. The van der Waals surface area contributed by atoms with Gasteiger partial charge >= 0.3 is 6.03 Å². The molecule has 2 aromatic heterocycles. The van der Waals surface area contributed by atoms with Crippen molar-refractivity contribution in [3.63, 3.8) is 0 Å². The summed E-state index contributed by atoms with van der Waals surface area (Å²) >= 11 is 0. The lowest BCUT2D eigenvalue weighted by Crippen LogP contribution is -2.62. The van der Waals surface area contributed by atoms with Gasteiger partial charge in [-0.15, -0.1) is 0 Å². The topological polar surface area (TPSA) is 621 Å². The van der Waals surface area contributed by atoms with Crippen molar-refractivity contribution in [3.05, 3.63) is 84.1 Å². The number of aliphatic hydroxyl groups excluding tert-OH is 2. The second kappa shape index (κ2) is 44.1. The van der Waals surface area contributed by atoms with Gasteiger partial charge in [0.15, 0.2) is 5.96 Å². The quantitative estimate of drug-likeness (QED) is 0.00695. The third-order valence-electron chi connectivity index (χ3n) is 18.4. The number of hydrogen-bond donors (Lipinski definition) is 23. The number of urea groups is 1. The SMILES string of the molecule is CC(C)C[C@H](NC(=O)[C@@H](COC(C)(C)C)NC(=O)[C@H](Cc1ccc(O)cc1)NC(=O)[C@H](CO)NC(=O)[C@H](Cc1c[nH]c2ccccc12)NC(=O)[C@H](Cc1c[nH]cn1)NC(=O)[C@@H]1CCC(=O)N1)C(=O)N[C@@H](CCCNC(=N)N)C(=O)N1CCC[C@H]1C(=O)NNC(N)=O.CNC(=O)[C@@H](NC(=O)[C@H](CC(C)C)[C@H](O)C(=O)NO)C(C)(C)C. The number of fused-ring (bicyclic) bond motifs is 1. The van der Waals surface area contributed by atoms with Crippen LogP contribution in [0.4, 0.5) is 4.79 Å². The predicted molar refractivity (Wildman–Crippen MR) is 412 cm³/mol. The van der Waals surface area contributed by atoms with E-state index in [4.69, 9.17) is 26.8 Å². The molecule has 2 fully saturated rings. The highest BCUT2D eigenvalue weighted by atomic mass is 16.5. The van der Waals surface area contributed by atoms with E-state index in [0.29, 0.717) is 34.1 Å². The monoisotopic (exact) mass is 1600 g/mol. The maximum atomic E-state index is 14.8. The standard InChI is InChI=1S/C59H84N18O14.C15H29N3O5/c1-31(2)22-40(49(82)68-39(12-8-20-64-57(60)61)56(89)77-21-9-13-46(77)55(88)75-76-58(62)90)69-54(87)45(29-91-59(3,4)5)74-50(83)41(23-32-14-16-35(79)17-15-32)70-53(86)44(28-78)73-51(84)42(24-33-26-65-37-11-7-6-10-36(33)37)71-52(85)43(25-34-27-63-30-66-34)72-48(81)38-18-19-47(80)67-38;1-8(2)7-9(10(19)13(21)18-23)12(20)17-11(14(22)16-6)15(3,4)5/h6-7,10-11,14-17,26-27,30-31,38-46,65,78-79H,8-9,12-13,18-25,28-29H2,1-5H3,(H,63,66)(H,67,80)(H,68,82)(H,69,87)(H,70,86)(H,71,85)(H,72,81)(H,73,84)(H,74,83)(H,75,88)(H4,60,61,64)(H3,62,76,90);8-11,19,23H,7H2,1-6H3,(H,16,22)(H,17,20)(H,18,21)/t38-,39-,40-,41-,42-,43-,44-,45+,46-;9-,10+,11-/m01/s1. The summed E-state index contributed by atoms with van der Waals surface area (Å²) in [5.74, 6) is -11.8. The number of aromatic nitrogens is 3. The van der Waals surface area contributed by atoms with Gasteiger partial charge in [-0.05, 0) is 112 Å². The van der Waals surface area contributed by atoms with E-state index in [2.05, 4.69) is 78.9 Å². The second-order valence-electron chi connectivity index (χ2n) is 30.8. The Morgan fingerprint density at radius 2 is 1.25 bits per heavy atom. The minimum Gasteiger partial charge on any atom is -0.508 e. The van der Waals surface area contributed by atoms with Crippen LogP contribution in [-0.4, -0.2) is 235 Å². The van der Waals surface area contributed by atoms with Gasteiger partial charge in [0.25, 0.3) is 11.8 Å². The number of rotatable bonds is 38. The maximum absolute atomic E-state index is 14.8. The number of ether oxygens (including phenoxy) is 1. The number of nitrogens with one attached hydrogen (secondary N) is 17. The Morgan fingerprint density at radius 1 is 0.667 bits per heavy atom. The number of aromatic amines is 2. The third-order valence-corrected chi connectivity index (χ3v) is 18.4. The highest BCUT2D eigenvalue weighted by Crippen LogP contribution is 2.25. The molecule has 12 atom stereocenters. The first-order chi connectivity index (χ1) is 53.6. The van der Waals surface area contributed by atoms with Crippen LogP contribution in [0.2, 0.25) is 0 Å². The number of carbonyl (C=O) groups is 14. The number of phenolic OH excluding ortho intramolecular Hbond substituents is 1. The van der Waals surface area contributed by atoms with Crippen molar-refractivity contribution in [2.24, 2.45) is 34.6 Å². The molecular weight excluding hydrogens is 1490 g/mol. The molecule has 2 aliphatic heterocycles. The number of likely N-dealkylation sites (tertiary alicyclic amines) is 1. The molecular formula is C74H113N21O19. The van der Waals surface area contributed by atoms with E-state index >= 15 is 0 Å². The minimum absolute atomic E-state index is 0.00232. The minimum atomic E-state index is -1.80. The number of guanidine groups is 1. The summed E-state index contributed by atoms with van der Waals surface area (Å²) in [6.45, 7) is 16.4.